The Kier molecular flexibility index (Phi) is 8.74. The number of aromatic nitrogens is 1. The van der Waals surface area contributed by atoms with E-state index in [0.717, 1.165) is 35.6 Å². The van der Waals surface area contributed by atoms with Gasteiger partial charge >= 0.3 is 0 Å². The van der Waals surface area contributed by atoms with E-state index < -0.39 is 0 Å². The first kappa shape index (κ1) is 34.8. The quantitative estimate of drug-likeness (QED) is 0.157. The van der Waals surface area contributed by atoms with Gasteiger partial charge in [-0.05, 0) is 130 Å². The number of rotatable bonds is 7. The van der Waals surface area contributed by atoms with Gasteiger partial charge in [0, 0.05) is 39.4 Å². The molecule has 1 aliphatic rings. The Morgan fingerprint density at radius 3 is 1.69 bits per heavy atom. The van der Waals surface area contributed by atoms with Gasteiger partial charge in [-0.3, -0.25) is 0 Å². The van der Waals surface area contributed by atoms with Crippen molar-refractivity contribution >= 4 is 38.9 Å². The summed E-state index contributed by atoms with van der Waals surface area (Å²) < 4.78 is 2.38. The van der Waals surface area contributed by atoms with Crippen LogP contribution in [-0.4, -0.2) is 4.57 Å². The summed E-state index contributed by atoms with van der Waals surface area (Å²) in [4.78, 5) is 2.39. The molecule has 0 spiro atoms. The number of para-hydroxylation sites is 2. The second-order valence-electron chi connectivity index (χ2n) is 15.6. The summed E-state index contributed by atoms with van der Waals surface area (Å²) in [6, 6.07) is 82.2. The zero-order chi connectivity index (χ0) is 39.1. The lowest BCUT2D eigenvalue weighted by atomic mass is 9.86. The first-order valence-corrected chi connectivity index (χ1v) is 20.7. The van der Waals surface area contributed by atoms with Crippen LogP contribution >= 0.6 is 0 Å². The zero-order valence-electron chi connectivity index (χ0n) is 32.7. The first-order chi connectivity index (χ1) is 29.3. The molecule has 59 heavy (non-hydrogen) atoms. The molecular formula is C57H42N2. The molecule has 10 aromatic rings. The number of aryl methyl sites for hydroxylation is 1. The van der Waals surface area contributed by atoms with Crippen molar-refractivity contribution in [2.75, 3.05) is 4.90 Å². The number of hydrogen-bond acceptors (Lipinski definition) is 1. The smallest absolute Gasteiger partial charge is 0.0542 e. The number of nitrogens with zero attached hydrogens (tertiary/aromatic N) is 2. The molecule has 0 N–H and O–H groups in total. The van der Waals surface area contributed by atoms with E-state index in [0.29, 0.717) is 5.92 Å². The average Bonchev–Trinajstić information content (AvgIpc) is 3.54. The summed E-state index contributed by atoms with van der Waals surface area (Å²) in [5, 5.41) is 2.46. The Bertz CT molecular complexity index is 3070. The third-order valence-electron chi connectivity index (χ3n) is 12.3. The van der Waals surface area contributed by atoms with E-state index in [2.05, 4.69) is 234 Å². The molecule has 0 saturated heterocycles. The molecule has 0 saturated carbocycles. The highest BCUT2D eigenvalue weighted by atomic mass is 15.1. The topological polar surface area (TPSA) is 8.17 Å². The minimum atomic E-state index is 0.379. The maximum atomic E-state index is 2.42. The molecule has 2 heteroatoms. The van der Waals surface area contributed by atoms with E-state index in [9.17, 15) is 0 Å². The van der Waals surface area contributed by atoms with Crippen molar-refractivity contribution in [3.63, 3.8) is 0 Å². The van der Waals surface area contributed by atoms with Crippen LogP contribution < -0.4 is 4.90 Å². The van der Waals surface area contributed by atoms with Crippen LogP contribution in [0.4, 0.5) is 17.1 Å². The summed E-state index contributed by atoms with van der Waals surface area (Å²) in [6.07, 6.45) is 2.15. The number of benzene rings is 9. The van der Waals surface area contributed by atoms with E-state index in [1.165, 1.54) is 71.9 Å². The molecule has 1 heterocycles. The van der Waals surface area contributed by atoms with E-state index in [4.69, 9.17) is 0 Å². The van der Waals surface area contributed by atoms with Gasteiger partial charge in [0.25, 0.3) is 0 Å². The summed E-state index contributed by atoms with van der Waals surface area (Å²) in [7, 11) is 0. The van der Waals surface area contributed by atoms with Crippen molar-refractivity contribution in [1.29, 1.82) is 0 Å². The SMILES string of the molecule is c1ccc(-c2ccc(N(c3ccc(-c4ccc5c(c4)-c4ccccc4C(c4ccccc4)CC5)cc3)c3ccc4c(c3)c3ccccc3n4-c3ccccc3)cc2)cc1. The monoisotopic (exact) mass is 754 g/mol. The van der Waals surface area contributed by atoms with Gasteiger partial charge in [0.05, 0.1) is 11.0 Å². The van der Waals surface area contributed by atoms with E-state index in [-0.39, 0.29) is 0 Å². The van der Waals surface area contributed by atoms with Gasteiger partial charge in [0.15, 0.2) is 0 Å². The molecule has 0 bridgehead atoms. The van der Waals surface area contributed by atoms with Crippen molar-refractivity contribution in [1.82, 2.24) is 4.57 Å². The fraction of sp³-hybridized carbons (Fsp3) is 0.0526. The fourth-order valence-corrected chi connectivity index (χ4v) is 9.40. The molecule has 0 radical (unpaired) electrons. The molecule has 1 aliphatic carbocycles. The molecule has 1 atom stereocenters. The van der Waals surface area contributed by atoms with Crippen LogP contribution in [0.25, 0.3) is 60.9 Å². The predicted molar refractivity (Wildman–Crippen MR) is 248 cm³/mol. The lowest BCUT2D eigenvalue weighted by Crippen LogP contribution is -2.10. The Balaban J connectivity index is 1.00. The van der Waals surface area contributed by atoms with Crippen molar-refractivity contribution < 1.29 is 0 Å². The highest BCUT2D eigenvalue weighted by molar-refractivity contribution is 6.10. The second-order valence-corrected chi connectivity index (χ2v) is 15.6. The van der Waals surface area contributed by atoms with Crippen LogP contribution in [0, 0.1) is 0 Å². The Morgan fingerprint density at radius 1 is 0.390 bits per heavy atom. The first-order valence-electron chi connectivity index (χ1n) is 20.7. The zero-order valence-corrected chi connectivity index (χ0v) is 32.7. The van der Waals surface area contributed by atoms with Gasteiger partial charge in [-0.1, -0.05) is 158 Å². The third kappa shape index (κ3) is 6.31. The van der Waals surface area contributed by atoms with Crippen molar-refractivity contribution in [3.05, 3.63) is 241 Å². The van der Waals surface area contributed by atoms with Crippen LogP contribution in [0.15, 0.2) is 224 Å². The van der Waals surface area contributed by atoms with E-state index in [1.807, 2.05) is 0 Å². The number of hydrogen-bond donors (Lipinski definition) is 0. The molecule has 0 fully saturated rings. The van der Waals surface area contributed by atoms with Crippen molar-refractivity contribution in [2.24, 2.45) is 0 Å². The van der Waals surface area contributed by atoms with Gasteiger partial charge in [-0.25, -0.2) is 0 Å². The van der Waals surface area contributed by atoms with Crippen molar-refractivity contribution in [2.45, 2.75) is 18.8 Å². The Morgan fingerprint density at radius 2 is 0.949 bits per heavy atom. The van der Waals surface area contributed by atoms with Crippen molar-refractivity contribution in [3.8, 4) is 39.1 Å². The predicted octanol–water partition coefficient (Wildman–Crippen LogP) is 15.3. The van der Waals surface area contributed by atoms with Crippen LogP contribution in [0.5, 0.6) is 0 Å². The number of fused-ring (bicyclic) bond motifs is 6. The average molecular weight is 755 g/mol. The molecule has 0 amide bonds. The summed E-state index contributed by atoms with van der Waals surface area (Å²) in [5.74, 6) is 0.379. The normalized spacial score (nSPS) is 13.5. The van der Waals surface area contributed by atoms with Crippen LogP contribution in [0.2, 0.25) is 0 Å². The molecule has 11 rings (SSSR count). The lowest BCUT2D eigenvalue weighted by molar-refractivity contribution is 0.726. The van der Waals surface area contributed by atoms with Crippen LogP contribution in [-0.2, 0) is 6.42 Å². The second kappa shape index (κ2) is 14.8. The summed E-state index contributed by atoms with van der Waals surface area (Å²) in [5.41, 5.74) is 18.7. The molecule has 2 nitrogen and oxygen atoms in total. The van der Waals surface area contributed by atoms with Gasteiger partial charge in [0.2, 0.25) is 0 Å². The molecule has 1 unspecified atom stereocenters. The van der Waals surface area contributed by atoms with E-state index in [1.54, 1.807) is 0 Å². The molecule has 9 aromatic carbocycles. The largest absolute Gasteiger partial charge is 0.310 e. The highest BCUT2D eigenvalue weighted by Gasteiger charge is 2.24. The maximum Gasteiger partial charge on any atom is 0.0542 e. The standard InChI is InChI=1S/C57H42N2/c1-4-14-40(15-5-1)41-26-31-47(32-27-41)58(49-35-37-57-55(39-49)53-22-12-13-23-56(53)59(57)46-18-8-3-9-19-46)48-33-28-42(29-34-48)45-25-24-44-30-36-50(43-16-6-2-7-17-43)51-20-10-11-21-52(51)54(44)38-45/h1-29,31-35,37-39,50H,30,36H2. The van der Waals surface area contributed by atoms with Crippen LogP contribution in [0.1, 0.15) is 29.0 Å². The summed E-state index contributed by atoms with van der Waals surface area (Å²) >= 11 is 0. The van der Waals surface area contributed by atoms with Gasteiger partial charge in [-0.2, -0.15) is 0 Å². The molecule has 280 valence electrons. The van der Waals surface area contributed by atoms with Gasteiger partial charge in [0.1, 0.15) is 0 Å². The van der Waals surface area contributed by atoms with Gasteiger partial charge < -0.3 is 9.47 Å². The fourth-order valence-electron chi connectivity index (χ4n) is 9.40. The van der Waals surface area contributed by atoms with E-state index >= 15 is 0 Å². The number of anilines is 3. The minimum absolute atomic E-state index is 0.379. The molecule has 0 aliphatic heterocycles. The summed E-state index contributed by atoms with van der Waals surface area (Å²) in [6.45, 7) is 0. The Labute approximate surface area is 345 Å². The van der Waals surface area contributed by atoms with Gasteiger partial charge in [-0.15, -0.1) is 0 Å². The lowest BCUT2D eigenvalue weighted by Gasteiger charge is -2.26. The molecule has 1 aromatic heterocycles. The maximum absolute atomic E-state index is 2.42. The molecular weight excluding hydrogens is 713 g/mol. The minimum Gasteiger partial charge on any atom is -0.310 e. The van der Waals surface area contributed by atoms with Crippen LogP contribution in [0.3, 0.4) is 0 Å². The third-order valence-corrected chi connectivity index (χ3v) is 12.3. The highest BCUT2D eigenvalue weighted by Crippen LogP contribution is 2.44. The Hall–Kier alpha value is -7.42.